The second-order valence-corrected chi connectivity index (χ2v) is 4.59. The van der Waals surface area contributed by atoms with Crippen molar-refractivity contribution in [1.29, 1.82) is 0 Å². The van der Waals surface area contributed by atoms with Crippen LogP contribution < -0.4 is 0 Å². The zero-order valence-corrected chi connectivity index (χ0v) is 8.59. The van der Waals surface area contributed by atoms with Crippen LogP contribution in [0.25, 0.3) is 0 Å². The lowest BCUT2D eigenvalue weighted by Gasteiger charge is -2.21. The van der Waals surface area contributed by atoms with Gasteiger partial charge in [0.05, 0.1) is 0 Å². The molecule has 0 fully saturated rings. The molecule has 0 radical (unpaired) electrons. The van der Waals surface area contributed by atoms with Crippen LogP contribution in [0.15, 0.2) is 11.8 Å². The van der Waals surface area contributed by atoms with Crippen LogP contribution >= 0.6 is 0 Å². The molecule has 0 heterocycles. The van der Waals surface area contributed by atoms with Crippen molar-refractivity contribution in [3.8, 4) is 0 Å². The summed E-state index contributed by atoms with van der Waals surface area (Å²) in [6, 6.07) is 0. The van der Waals surface area contributed by atoms with E-state index < -0.39 is 8.80 Å². The highest BCUT2D eigenvalue weighted by atomic mass is 28.4. The standard InChI is InChI=1S/C7H16O3Si/c1-5-7-11(8-3,9-4)10-6-2/h5,7H,6H2,1-4H3. The van der Waals surface area contributed by atoms with Crippen molar-refractivity contribution >= 4 is 8.80 Å². The van der Waals surface area contributed by atoms with Crippen LogP contribution in [0.4, 0.5) is 0 Å². The Hall–Kier alpha value is -0.163. The van der Waals surface area contributed by atoms with E-state index in [1.165, 1.54) is 0 Å². The quantitative estimate of drug-likeness (QED) is 0.592. The number of hydrogen-bond acceptors (Lipinski definition) is 3. The first-order chi connectivity index (χ1) is 5.24. The maximum atomic E-state index is 5.38. The first kappa shape index (κ1) is 10.8. The predicted molar refractivity (Wildman–Crippen MR) is 46.2 cm³/mol. The van der Waals surface area contributed by atoms with Crippen molar-refractivity contribution < 1.29 is 13.3 Å². The summed E-state index contributed by atoms with van der Waals surface area (Å²) in [6.07, 6.45) is 1.88. The van der Waals surface area contributed by atoms with Gasteiger partial charge in [-0.15, -0.1) is 0 Å². The normalized spacial score (nSPS) is 12.7. The molecule has 0 aromatic carbocycles. The van der Waals surface area contributed by atoms with Gasteiger partial charge < -0.3 is 13.3 Å². The summed E-state index contributed by atoms with van der Waals surface area (Å²) in [7, 11) is 0.781. The molecule has 0 atom stereocenters. The predicted octanol–water partition coefficient (Wildman–Crippen LogP) is 1.37. The lowest BCUT2D eigenvalue weighted by atomic mass is 10.8. The van der Waals surface area contributed by atoms with Crippen LogP contribution in [0, 0.1) is 0 Å². The highest BCUT2D eigenvalue weighted by Crippen LogP contribution is 2.08. The monoisotopic (exact) mass is 176 g/mol. The molecule has 0 amide bonds. The van der Waals surface area contributed by atoms with E-state index >= 15 is 0 Å². The molecule has 11 heavy (non-hydrogen) atoms. The molecule has 0 aromatic heterocycles. The molecule has 0 saturated carbocycles. The van der Waals surface area contributed by atoms with Crippen molar-refractivity contribution in [3.05, 3.63) is 11.8 Å². The van der Waals surface area contributed by atoms with E-state index in [0.717, 1.165) is 0 Å². The summed E-state index contributed by atoms with van der Waals surface area (Å²) in [6.45, 7) is 4.44. The second-order valence-electron chi connectivity index (χ2n) is 1.94. The van der Waals surface area contributed by atoms with Gasteiger partial charge in [0.15, 0.2) is 0 Å². The molecule has 3 nitrogen and oxygen atoms in total. The third kappa shape index (κ3) is 3.16. The lowest BCUT2D eigenvalue weighted by Crippen LogP contribution is -2.42. The molecule has 0 aliphatic carbocycles. The molecule has 0 N–H and O–H groups in total. The maximum absolute atomic E-state index is 5.38. The minimum absolute atomic E-state index is 0.609. The first-order valence-corrected chi connectivity index (χ1v) is 5.43. The van der Waals surface area contributed by atoms with Gasteiger partial charge in [0.2, 0.25) is 0 Å². The highest BCUT2D eigenvalue weighted by molar-refractivity contribution is 6.66. The topological polar surface area (TPSA) is 27.7 Å². The summed E-state index contributed by atoms with van der Waals surface area (Å²) in [4.78, 5) is 0. The van der Waals surface area contributed by atoms with Gasteiger partial charge in [-0.25, -0.2) is 0 Å². The Kier molecular flexibility index (Phi) is 5.40. The number of allylic oxidation sites excluding steroid dienone is 1. The smallest absolute Gasteiger partial charge is 0.374 e. The van der Waals surface area contributed by atoms with Gasteiger partial charge in [-0.2, -0.15) is 0 Å². The van der Waals surface area contributed by atoms with Gasteiger partial charge in [-0.1, -0.05) is 6.08 Å². The molecule has 0 aliphatic rings. The maximum Gasteiger partial charge on any atom is 0.528 e. The van der Waals surface area contributed by atoms with Gasteiger partial charge in [-0.05, 0) is 19.5 Å². The SMILES string of the molecule is CC=C[Si](OC)(OC)OCC. The zero-order chi connectivity index (χ0) is 8.74. The molecule has 4 heteroatoms. The highest BCUT2D eigenvalue weighted by Gasteiger charge is 2.34. The van der Waals surface area contributed by atoms with Crippen molar-refractivity contribution in [3.63, 3.8) is 0 Å². The zero-order valence-electron chi connectivity index (χ0n) is 7.59. The summed E-state index contributed by atoms with van der Waals surface area (Å²) < 4.78 is 15.7. The van der Waals surface area contributed by atoms with Gasteiger partial charge in [0, 0.05) is 20.8 Å². The Morgan fingerprint density at radius 2 is 1.82 bits per heavy atom. The summed E-state index contributed by atoms with van der Waals surface area (Å²) in [5.74, 6) is 0. The molecule has 0 aliphatic heterocycles. The summed E-state index contributed by atoms with van der Waals surface area (Å²) in [5, 5.41) is 0. The van der Waals surface area contributed by atoms with E-state index in [1.807, 2.05) is 25.6 Å². The summed E-state index contributed by atoms with van der Waals surface area (Å²) in [5.41, 5.74) is 1.86. The van der Waals surface area contributed by atoms with Crippen molar-refractivity contribution in [2.45, 2.75) is 13.8 Å². The molecule has 0 saturated heterocycles. The van der Waals surface area contributed by atoms with Crippen molar-refractivity contribution in [2.75, 3.05) is 20.8 Å². The Balaban J connectivity index is 4.19. The Bertz CT molecular complexity index is 121. The number of rotatable bonds is 5. The van der Waals surface area contributed by atoms with Crippen molar-refractivity contribution in [1.82, 2.24) is 0 Å². The minimum atomic E-state index is -2.42. The van der Waals surface area contributed by atoms with Crippen LogP contribution in [0.5, 0.6) is 0 Å². The fourth-order valence-electron chi connectivity index (χ4n) is 0.791. The molecular formula is C7H16O3Si. The van der Waals surface area contributed by atoms with Gasteiger partial charge in [0.25, 0.3) is 0 Å². The Morgan fingerprint density at radius 3 is 2.09 bits per heavy atom. The van der Waals surface area contributed by atoms with E-state index in [9.17, 15) is 0 Å². The van der Waals surface area contributed by atoms with Crippen LogP contribution in [0.2, 0.25) is 0 Å². The molecular weight excluding hydrogens is 160 g/mol. The lowest BCUT2D eigenvalue weighted by molar-refractivity contribution is 0.118. The van der Waals surface area contributed by atoms with E-state index in [0.29, 0.717) is 6.61 Å². The number of hydrogen-bond donors (Lipinski definition) is 0. The molecule has 66 valence electrons. The van der Waals surface area contributed by atoms with E-state index in [-0.39, 0.29) is 0 Å². The van der Waals surface area contributed by atoms with Gasteiger partial charge in [-0.3, -0.25) is 0 Å². The first-order valence-electron chi connectivity index (χ1n) is 3.62. The largest absolute Gasteiger partial charge is 0.528 e. The van der Waals surface area contributed by atoms with Crippen LogP contribution in [0.3, 0.4) is 0 Å². The summed E-state index contributed by atoms with van der Waals surface area (Å²) >= 11 is 0. The van der Waals surface area contributed by atoms with Gasteiger partial charge >= 0.3 is 8.80 Å². The molecule has 0 spiro atoms. The van der Waals surface area contributed by atoms with Crippen LogP contribution in [-0.2, 0) is 13.3 Å². The Labute approximate surface area is 69.3 Å². The average molecular weight is 176 g/mol. The third-order valence-electron chi connectivity index (χ3n) is 1.29. The minimum Gasteiger partial charge on any atom is -0.374 e. The van der Waals surface area contributed by atoms with E-state index in [1.54, 1.807) is 14.2 Å². The van der Waals surface area contributed by atoms with Crippen LogP contribution in [-0.4, -0.2) is 29.6 Å². The second kappa shape index (κ2) is 5.48. The van der Waals surface area contributed by atoms with E-state index in [2.05, 4.69) is 0 Å². The molecule has 0 bridgehead atoms. The molecule has 0 aromatic rings. The van der Waals surface area contributed by atoms with Crippen LogP contribution in [0.1, 0.15) is 13.8 Å². The third-order valence-corrected chi connectivity index (χ3v) is 3.86. The fourth-order valence-corrected chi connectivity index (χ4v) is 2.37. The van der Waals surface area contributed by atoms with E-state index in [4.69, 9.17) is 13.3 Å². The van der Waals surface area contributed by atoms with Crippen molar-refractivity contribution in [2.24, 2.45) is 0 Å². The average Bonchev–Trinajstić information content (AvgIpc) is 2.04. The Morgan fingerprint density at radius 1 is 1.27 bits per heavy atom. The fraction of sp³-hybridized carbons (Fsp3) is 0.714. The van der Waals surface area contributed by atoms with Gasteiger partial charge in [0.1, 0.15) is 0 Å². The molecule has 0 unspecified atom stereocenters. The molecule has 0 rings (SSSR count).